The number of para-hydroxylation sites is 1. The van der Waals surface area contributed by atoms with E-state index in [-0.39, 0.29) is 17.6 Å². The number of benzene rings is 2. The molecule has 6 heteroatoms. The number of Topliss-reactive ketones (excluding diaryl/α,β-unsaturated/α-hetero) is 1. The second kappa shape index (κ2) is 8.29. The van der Waals surface area contributed by atoms with Crippen molar-refractivity contribution in [3.8, 4) is 0 Å². The molecule has 2 aromatic carbocycles. The zero-order valence-corrected chi connectivity index (χ0v) is 16.6. The number of aryl methyl sites for hydroxylation is 1. The predicted molar refractivity (Wildman–Crippen MR) is 115 cm³/mol. The summed E-state index contributed by atoms with van der Waals surface area (Å²) in [7, 11) is 0. The van der Waals surface area contributed by atoms with E-state index < -0.39 is 0 Å². The molecule has 2 heterocycles. The van der Waals surface area contributed by atoms with Crippen LogP contribution in [0.4, 0.5) is 11.4 Å². The zero-order chi connectivity index (χ0) is 21.1. The SMILES string of the molecule is CC(=O)c1ccc(NC(=O)c2cncc(C(=O)N3CCCc4ccccc43)c2)cc1. The number of carbonyl (C=O) groups is 3. The van der Waals surface area contributed by atoms with Gasteiger partial charge in [0.25, 0.3) is 11.8 Å². The third-order valence-electron chi connectivity index (χ3n) is 5.15. The van der Waals surface area contributed by atoms with Crippen LogP contribution >= 0.6 is 0 Å². The number of nitrogens with zero attached hydrogens (tertiary/aromatic N) is 2. The Hall–Kier alpha value is -3.80. The lowest BCUT2D eigenvalue weighted by molar-refractivity contribution is 0.0982. The van der Waals surface area contributed by atoms with Gasteiger partial charge in [0.1, 0.15) is 0 Å². The van der Waals surface area contributed by atoms with Crippen LogP contribution in [0, 0.1) is 0 Å². The molecule has 0 bridgehead atoms. The summed E-state index contributed by atoms with van der Waals surface area (Å²) in [6, 6.07) is 16.1. The molecule has 0 spiro atoms. The first kappa shape index (κ1) is 19.5. The summed E-state index contributed by atoms with van der Waals surface area (Å²) < 4.78 is 0. The van der Waals surface area contributed by atoms with E-state index in [0.29, 0.717) is 28.9 Å². The molecule has 0 atom stereocenters. The summed E-state index contributed by atoms with van der Waals surface area (Å²) in [6.07, 6.45) is 4.76. The van der Waals surface area contributed by atoms with Crippen LogP contribution in [0.15, 0.2) is 67.0 Å². The van der Waals surface area contributed by atoms with Gasteiger partial charge in [0.05, 0.1) is 11.1 Å². The number of amides is 2. The lowest BCUT2D eigenvalue weighted by Gasteiger charge is -2.29. The fourth-order valence-electron chi connectivity index (χ4n) is 3.57. The number of hydrogen-bond acceptors (Lipinski definition) is 4. The molecule has 1 aliphatic heterocycles. The Kier molecular flexibility index (Phi) is 5.39. The molecule has 0 fully saturated rings. The second-order valence-corrected chi connectivity index (χ2v) is 7.24. The third-order valence-corrected chi connectivity index (χ3v) is 5.15. The van der Waals surface area contributed by atoms with Crippen LogP contribution in [0.25, 0.3) is 0 Å². The van der Waals surface area contributed by atoms with E-state index >= 15 is 0 Å². The fourth-order valence-corrected chi connectivity index (χ4v) is 3.57. The molecule has 1 N–H and O–H groups in total. The molecule has 1 aromatic heterocycles. The average Bonchev–Trinajstić information content (AvgIpc) is 2.78. The first-order chi connectivity index (χ1) is 14.5. The van der Waals surface area contributed by atoms with Gasteiger partial charge < -0.3 is 10.2 Å². The van der Waals surface area contributed by atoms with E-state index in [1.807, 2.05) is 24.3 Å². The normalized spacial score (nSPS) is 12.8. The van der Waals surface area contributed by atoms with Gasteiger partial charge in [-0.25, -0.2) is 0 Å². The van der Waals surface area contributed by atoms with Crippen molar-refractivity contribution in [2.75, 3.05) is 16.8 Å². The molecule has 6 nitrogen and oxygen atoms in total. The number of rotatable bonds is 4. The van der Waals surface area contributed by atoms with E-state index in [1.165, 1.54) is 19.3 Å². The second-order valence-electron chi connectivity index (χ2n) is 7.24. The third kappa shape index (κ3) is 3.98. The molecule has 0 radical (unpaired) electrons. The lowest BCUT2D eigenvalue weighted by Crippen LogP contribution is -2.35. The molecular formula is C24H21N3O3. The number of anilines is 2. The van der Waals surface area contributed by atoms with Crippen molar-refractivity contribution in [1.82, 2.24) is 4.98 Å². The van der Waals surface area contributed by atoms with Gasteiger partial charge in [-0.1, -0.05) is 18.2 Å². The topological polar surface area (TPSA) is 79.4 Å². The van der Waals surface area contributed by atoms with Crippen LogP contribution in [0.5, 0.6) is 0 Å². The highest BCUT2D eigenvalue weighted by atomic mass is 16.2. The van der Waals surface area contributed by atoms with Crippen molar-refractivity contribution in [3.05, 3.63) is 89.2 Å². The molecule has 4 rings (SSSR count). The summed E-state index contributed by atoms with van der Waals surface area (Å²) >= 11 is 0. The minimum Gasteiger partial charge on any atom is -0.322 e. The van der Waals surface area contributed by atoms with Crippen LogP contribution in [-0.2, 0) is 6.42 Å². The highest BCUT2D eigenvalue weighted by Gasteiger charge is 2.24. The quantitative estimate of drug-likeness (QED) is 0.669. The van der Waals surface area contributed by atoms with Crippen molar-refractivity contribution in [1.29, 1.82) is 0 Å². The maximum absolute atomic E-state index is 13.1. The van der Waals surface area contributed by atoms with E-state index in [1.54, 1.807) is 35.2 Å². The van der Waals surface area contributed by atoms with Gasteiger partial charge in [-0.15, -0.1) is 0 Å². The average molecular weight is 399 g/mol. The summed E-state index contributed by atoms with van der Waals surface area (Å²) in [5.41, 5.74) is 3.85. The van der Waals surface area contributed by atoms with Gasteiger partial charge in [-0.3, -0.25) is 19.4 Å². The van der Waals surface area contributed by atoms with Crippen LogP contribution in [-0.4, -0.2) is 29.1 Å². The Morgan fingerprint density at radius 2 is 1.67 bits per heavy atom. The van der Waals surface area contributed by atoms with E-state index in [4.69, 9.17) is 0 Å². The first-order valence-electron chi connectivity index (χ1n) is 9.80. The molecule has 150 valence electrons. The van der Waals surface area contributed by atoms with Gasteiger partial charge in [-0.05, 0) is 61.7 Å². The van der Waals surface area contributed by atoms with Crippen molar-refractivity contribution in [2.24, 2.45) is 0 Å². The molecule has 2 amide bonds. The van der Waals surface area contributed by atoms with Crippen LogP contribution in [0.1, 0.15) is 50.0 Å². The van der Waals surface area contributed by atoms with Gasteiger partial charge >= 0.3 is 0 Å². The summed E-state index contributed by atoms with van der Waals surface area (Å²) in [6.45, 7) is 2.12. The number of carbonyl (C=O) groups excluding carboxylic acids is 3. The Morgan fingerprint density at radius 3 is 2.43 bits per heavy atom. The largest absolute Gasteiger partial charge is 0.322 e. The van der Waals surface area contributed by atoms with Crippen LogP contribution in [0.3, 0.4) is 0 Å². The highest BCUT2D eigenvalue weighted by Crippen LogP contribution is 2.28. The highest BCUT2D eigenvalue weighted by molar-refractivity contribution is 6.09. The Morgan fingerprint density at radius 1 is 0.933 bits per heavy atom. The van der Waals surface area contributed by atoms with Crippen LogP contribution < -0.4 is 10.2 Å². The van der Waals surface area contributed by atoms with Crippen molar-refractivity contribution in [3.63, 3.8) is 0 Å². The number of pyridine rings is 1. The smallest absolute Gasteiger partial charge is 0.259 e. The number of fused-ring (bicyclic) bond motifs is 1. The number of hydrogen-bond donors (Lipinski definition) is 1. The summed E-state index contributed by atoms with van der Waals surface area (Å²) in [5, 5.41) is 2.77. The summed E-state index contributed by atoms with van der Waals surface area (Å²) in [5.74, 6) is -0.579. The minimum absolute atomic E-state index is 0.0393. The zero-order valence-electron chi connectivity index (χ0n) is 16.6. The molecular weight excluding hydrogens is 378 g/mol. The Balaban J connectivity index is 1.53. The Bertz CT molecular complexity index is 1120. The molecule has 0 saturated heterocycles. The monoisotopic (exact) mass is 399 g/mol. The first-order valence-corrected chi connectivity index (χ1v) is 9.80. The molecule has 30 heavy (non-hydrogen) atoms. The Labute approximate surface area is 174 Å². The summed E-state index contributed by atoms with van der Waals surface area (Å²) in [4.78, 5) is 43.0. The minimum atomic E-state index is -0.369. The standard InChI is InChI=1S/C24H21N3O3/c1-16(28)17-8-10-21(11-9-17)26-23(29)19-13-20(15-25-14-19)24(30)27-12-4-6-18-5-2-3-7-22(18)27/h2-3,5,7-11,13-15H,4,6,12H2,1H3,(H,26,29). The lowest BCUT2D eigenvalue weighted by atomic mass is 10.0. The van der Waals surface area contributed by atoms with E-state index in [9.17, 15) is 14.4 Å². The van der Waals surface area contributed by atoms with E-state index in [2.05, 4.69) is 10.3 Å². The number of ketones is 1. The number of nitrogens with one attached hydrogen (secondary N) is 1. The van der Waals surface area contributed by atoms with Gasteiger partial charge in [0.2, 0.25) is 0 Å². The van der Waals surface area contributed by atoms with Gasteiger partial charge in [0.15, 0.2) is 5.78 Å². The maximum atomic E-state index is 13.1. The van der Waals surface area contributed by atoms with Crippen LogP contribution in [0.2, 0.25) is 0 Å². The molecule has 0 saturated carbocycles. The molecule has 0 unspecified atom stereocenters. The molecule has 0 aliphatic carbocycles. The van der Waals surface area contributed by atoms with Gasteiger partial charge in [-0.2, -0.15) is 0 Å². The van der Waals surface area contributed by atoms with Crippen molar-refractivity contribution >= 4 is 29.0 Å². The van der Waals surface area contributed by atoms with Gasteiger partial charge in [0, 0.05) is 35.9 Å². The van der Waals surface area contributed by atoms with Crippen molar-refractivity contribution < 1.29 is 14.4 Å². The fraction of sp³-hybridized carbons (Fsp3) is 0.167. The molecule has 3 aromatic rings. The van der Waals surface area contributed by atoms with Crippen molar-refractivity contribution in [2.45, 2.75) is 19.8 Å². The predicted octanol–water partition coefficient (Wildman–Crippen LogP) is 4.13. The molecule has 1 aliphatic rings. The number of aromatic nitrogens is 1. The maximum Gasteiger partial charge on any atom is 0.259 e. The van der Waals surface area contributed by atoms with E-state index in [0.717, 1.165) is 24.1 Å².